The van der Waals surface area contributed by atoms with E-state index in [0.29, 0.717) is 58.0 Å². The van der Waals surface area contributed by atoms with Gasteiger partial charge in [0, 0.05) is 82.4 Å². The van der Waals surface area contributed by atoms with Crippen molar-refractivity contribution in [3.05, 3.63) is 59.3 Å². The number of rotatable bonds is 6. The highest BCUT2D eigenvalue weighted by molar-refractivity contribution is 5.91. The molecule has 1 atom stereocenters. The molecule has 0 bridgehead atoms. The van der Waals surface area contributed by atoms with E-state index < -0.39 is 6.04 Å². The Morgan fingerprint density at radius 2 is 1.69 bits per heavy atom. The van der Waals surface area contributed by atoms with Gasteiger partial charge in [-0.15, -0.1) is 0 Å². The molecule has 0 radical (unpaired) electrons. The molecule has 0 spiro atoms. The van der Waals surface area contributed by atoms with Gasteiger partial charge in [-0.3, -0.25) is 14.4 Å². The van der Waals surface area contributed by atoms with Gasteiger partial charge >= 0.3 is 12.1 Å². The molecule has 4 aliphatic heterocycles. The minimum atomic E-state index is -0.677. The second kappa shape index (κ2) is 14.1. The lowest BCUT2D eigenvalue weighted by molar-refractivity contribution is -0.135. The van der Waals surface area contributed by atoms with Gasteiger partial charge < -0.3 is 30.7 Å². The Bertz CT molecular complexity index is 1630. The van der Waals surface area contributed by atoms with Crippen molar-refractivity contribution in [1.29, 1.82) is 0 Å². The molecule has 3 fully saturated rings. The minimum Gasteiger partial charge on any atom is -0.338 e. The van der Waals surface area contributed by atoms with Crippen LogP contribution in [0.5, 0.6) is 0 Å². The molecule has 3 N–H and O–H groups in total. The number of hydrogen-bond donors (Lipinski definition) is 3. The molecule has 256 valence electrons. The quantitative estimate of drug-likeness (QED) is 0.376. The minimum absolute atomic E-state index is 0.0204. The number of carbonyl (C=O) groups excluding carboxylic acids is 3. The fourth-order valence-electron chi connectivity index (χ4n) is 8.24. The Morgan fingerprint density at radius 3 is 2.46 bits per heavy atom. The first-order chi connectivity index (χ1) is 23.3. The molecule has 5 amide bonds. The number of aryl methyl sites for hydroxylation is 2. The van der Waals surface area contributed by atoms with Crippen molar-refractivity contribution in [2.75, 3.05) is 64.2 Å². The number of hydrogen-bond acceptors (Lipinski definition) is 6. The van der Waals surface area contributed by atoms with Crippen LogP contribution in [0.25, 0.3) is 10.9 Å². The molecule has 7 rings (SSSR count). The molecule has 1 aromatic heterocycles. The highest BCUT2D eigenvalue weighted by Crippen LogP contribution is 2.26. The molecular formula is C36H49N9O3. The Kier molecular flexibility index (Phi) is 9.54. The molecule has 12 heteroatoms. The Balaban J connectivity index is 1.01. The summed E-state index contributed by atoms with van der Waals surface area (Å²) < 4.78 is 1.87. The number of fused-ring (bicyclic) bond motifs is 2. The number of aromatic nitrogens is 2. The summed E-state index contributed by atoms with van der Waals surface area (Å²) in [6, 6.07) is 11.8. The van der Waals surface area contributed by atoms with E-state index in [0.717, 1.165) is 78.7 Å². The van der Waals surface area contributed by atoms with Crippen molar-refractivity contribution in [1.82, 2.24) is 40.0 Å². The van der Waals surface area contributed by atoms with E-state index in [1.54, 1.807) is 0 Å². The summed E-state index contributed by atoms with van der Waals surface area (Å²) >= 11 is 0. The lowest BCUT2D eigenvalue weighted by atomic mass is 9.99. The highest BCUT2D eigenvalue weighted by atomic mass is 16.2. The number of nitrogens with one attached hydrogen (secondary N) is 3. The topological polar surface area (TPSA) is 118 Å². The third-order valence-electron chi connectivity index (χ3n) is 10.9. The number of piperazine rings is 1. The zero-order valence-corrected chi connectivity index (χ0v) is 28.3. The van der Waals surface area contributed by atoms with Crippen LogP contribution in [-0.4, -0.2) is 124 Å². The zero-order valence-electron chi connectivity index (χ0n) is 28.3. The number of urea groups is 2. The highest BCUT2D eigenvalue weighted by Gasteiger charge is 2.35. The fourth-order valence-corrected chi connectivity index (χ4v) is 8.24. The number of amides is 5. The number of likely N-dealkylation sites (tertiary alicyclic amines) is 1. The normalized spacial score (nSPS) is 20.7. The van der Waals surface area contributed by atoms with Crippen LogP contribution in [-0.2, 0) is 24.7 Å². The summed E-state index contributed by atoms with van der Waals surface area (Å²) in [6.07, 6.45) is 6.77. The van der Waals surface area contributed by atoms with Crippen LogP contribution in [0.2, 0.25) is 0 Å². The van der Waals surface area contributed by atoms with Gasteiger partial charge in [-0.1, -0.05) is 24.3 Å². The van der Waals surface area contributed by atoms with Gasteiger partial charge in [-0.2, -0.15) is 5.10 Å². The van der Waals surface area contributed by atoms with E-state index in [1.807, 2.05) is 50.8 Å². The van der Waals surface area contributed by atoms with Crippen LogP contribution in [0, 0.1) is 6.92 Å². The van der Waals surface area contributed by atoms with E-state index in [1.165, 1.54) is 0 Å². The zero-order chi connectivity index (χ0) is 33.2. The number of nitrogens with zero attached hydrogens (tertiary/aromatic N) is 6. The van der Waals surface area contributed by atoms with Crippen LogP contribution in [0.3, 0.4) is 0 Å². The molecule has 4 aliphatic rings. The van der Waals surface area contributed by atoms with Gasteiger partial charge in [0.25, 0.3) is 0 Å². The molecule has 12 nitrogen and oxygen atoms in total. The van der Waals surface area contributed by atoms with Crippen molar-refractivity contribution in [3.8, 4) is 0 Å². The van der Waals surface area contributed by atoms with Crippen LogP contribution >= 0.6 is 0 Å². The van der Waals surface area contributed by atoms with Crippen LogP contribution in [0.15, 0.2) is 42.6 Å². The first-order valence-corrected chi connectivity index (χ1v) is 17.7. The molecule has 3 saturated heterocycles. The SMILES string of the molecule is Cc1cc(CC(NC(=O)N2CCC(N3CCc4ccccc4NC3=O)CC2)C(=O)N2CCN(C3CCNCC3)CC2)cc2cnn(C)c12. The Labute approximate surface area is 282 Å². The molecule has 5 heterocycles. The van der Waals surface area contributed by atoms with E-state index in [2.05, 4.69) is 51.1 Å². The lowest BCUT2D eigenvalue weighted by Gasteiger charge is -2.42. The average Bonchev–Trinajstić information content (AvgIpc) is 3.40. The summed E-state index contributed by atoms with van der Waals surface area (Å²) in [5.41, 5.74) is 5.20. The number of anilines is 1. The summed E-state index contributed by atoms with van der Waals surface area (Å²) in [7, 11) is 1.94. The van der Waals surface area contributed by atoms with Crippen LogP contribution < -0.4 is 16.0 Å². The van der Waals surface area contributed by atoms with Gasteiger partial charge in [-0.05, 0) is 80.9 Å². The molecule has 2 aromatic carbocycles. The van der Waals surface area contributed by atoms with Crippen LogP contribution in [0.4, 0.5) is 15.3 Å². The second-order valence-electron chi connectivity index (χ2n) is 13.9. The first kappa shape index (κ1) is 32.4. The smallest absolute Gasteiger partial charge is 0.322 e. The fraction of sp³-hybridized carbons (Fsp3) is 0.556. The van der Waals surface area contributed by atoms with Crippen molar-refractivity contribution < 1.29 is 14.4 Å². The third kappa shape index (κ3) is 6.86. The maximum Gasteiger partial charge on any atom is 0.322 e. The monoisotopic (exact) mass is 655 g/mol. The first-order valence-electron chi connectivity index (χ1n) is 17.7. The molecular weight excluding hydrogens is 606 g/mol. The van der Waals surface area contributed by atoms with E-state index in [-0.39, 0.29) is 24.0 Å². The predicted molar refractivity (Wildman–Crippen MR) is 186 cm³/mol. The van der Waals surface area contributed by atoms with Gasteiger partial charge in [0.15, 0.2) is 0 Å². The van der Waals surface area contributed by atoms with Crippen LogP contribution in [0.1, 0.15) is 42.4 Å². The van der Waals surface area contributed by atoms with Gasteiger partial charge in [0.1, 0.15) is 6.04 Å². The molecule has 0 aliphatic carbocycles. The van der Waals surface area contributed by atoms with Crippen molar-refractivity contribution in [2.45, 2.75) is 63.6 Å². The van der Waals surface area contributed by atoms with Gasteiger partial charge in [-0.25, -0.2) is 9.59 Å². The standard InChI is InChI=1S/C36H49N9O3/c1-25-21-26(22-28-24-38-41(2)33(25)28)23-32(34(46)43-19-17-42(18-20-43)29-7-12-37-13-8-29)40-35(47)44-14-10-30(11-15-44)45-16-9-27-5-3-4-6-31(27)39-36(45)48/h3-6,21-22,24,29-30,32,37H,7-20,23H2,1-2H3,(H,39,48)(H,40,47). The summed E-state index contributed by atoms with van der Waals surface area (Å²) in [4.78, 5) is 49.3. The number of benzene rings is 2. The van der Waals surface area contributed by atoms with Crippen molar-refractivity contribution in [3.63, 3.8) is 0 Å². The second-order valence-corrected chi connectivity index (χ2v) is 13.9. The average molecular weight is 656 g/mol. The third-order valence-corrected chi connectivity index (χ3v) is 10.9. The number of para-hydroxylation sites is 1. The summed E-state index contributed by atoms with van der Waals surface area (Å²) in [5, 5.41) is 15.1. The number of carbonyl (C=O) groups is 3. The van der Waals surface area contributed by atoms with E-state index >= 15 is 0 Å². The lowest BCUT2D eigenvalue weighted by Crippen LogP contribution is -2.59. The Morgan fingerprint density at radius 1 is 0.938 bits per heavy atom. The summed E-state index contributed by atoms with van der Waals surface area (Å²) in [6.45, 7) is 8.95. The Hall–Kier alpha value is -4.16. The largest absolute Gasteiger partial charge is 0.338 e. The van der Waals surface area contributed by atoms with E-state index in [4.69, 9.17) is 0 Å². The molecule has 3 aromatic rings. The molecule has 48 heavy (non-hydrogen) atoms. The molecule has 0 saturated carbocycles. The van der Waals surface area contributed by atoms with Crippen molar-refractivity contribution in [2.24, 2.45) is 7.05 Å². The maximum atomic E-state index is 14.2. The predicted octanol–water partition coefficient (Wildman–Crippen LogP) is 2.95. The number of piperidine rings is 2. The summed E-state index contributed by atoms with van der Waals surface area (Å²) in [5.74, 6) is -0.0204. The maximum absolute atomic E-state index is 14.2. The van der Waals surface area contributed by atoms with Gasteiger partial charge in [0.05, 0.1) is 11.7 Å². The van der Waals surface area contributed by atoms with E-state index in [9.17, 15) is 14.4 Å². The van der Waals surface area contributed by atoms with Crippen molar-refractivity contribution >= 4 is 34.6 Å². The molecule has 1 unspecified atom stereocenters. The van der Waals surface area contributed by atoms with Gasteiger partial charge in [0.2, 0.25) is 5.91 Å².